The highest BCUT2D eigenvalue weighted by Crippen LogP contribution is 2.15. The number of hydrogen-bond donors (Lipinski definition) is 2. The number of imidazole rings is 1. The molecule has 0 fully saturated rings. The Hall–Kier alpha value is -1.44. The summed E-state index contributed by atoms with van der Waals surface area (Å²) in [7, 11) is -1.95. The Kier molecular flexibility index (Phi) is 4.18. The maximum Gasteiger partial charge on any atom is 0.276 e. The van der Waals surface area contributed by atoms with Gasteiger partial charge in [0, 0.05) is 20.1 Å². The van der Waals surface area contributed by atoms with Crippen molar-refractivity contribution in [2.24, 2.45) is 0 Å². The van der Waals surface area contributed by atoms with Gasteiger partial charge in [0.2, 0.25) is 0 Å². The summed E-state index contributed by atoms with van der Waals surface area (Å²) >= 11 is 0. The van der Waals surface area contributed by atoms with Gasteiger partial charge in [-0.1, -0.05) is 12.1 Å². The zero-order valence-corrected chi connectivity index (χ0v) is 11.9. The van der Waals surface area contributed by atoms with Crippen LogP contribution in [0.5, 0.6) is 0 Å². The minimum absolute atomic E-state index is 0.398. The third kappa shape index (κ3) is 3.31. The second kappa shape index (κ2) is 5.68. The quantitative estimate of drug-likeness (QED) is 0.769. The molecule has 0 saturated heterocycles. The average molecular weight is 282 g/mol. The van der Waals surface area contributed by atoms with Crippen LogP contribution in [0, 0.1) is 6.92 Å². The first-order valence-electron chi connectivity index (χ1n) is 6.13. The largest absolute Gasteiger partial charge is 0.328 e. The Bertz CT molecular complexity index is 663. The fourth-order valence-electron chi connectivity index (χ4n) is 1.99. The predicted molar refractivity (Wildman–Crippen MR) is 75.1 cm³/mol. The summed E-state index contributed by atoms with van der Waals surface area (Å²) in [5.41, 5.74) is 2.05. The van der Waals surface area contributed by atoms with Crippen molar-refractivity contribution in [3.8, 4) is 0 Å². The molecule has 19 heavy (non-hydrogen) atoms. The van der Waals surface area contributed by atoms with Crippen LogP contribution in [0.25, 0.3) is 11.0 Å². The molecule has 1 heterocycles. The number of rotatable bonds is 6. The summed E-state index contributed by atoms with van der Waals surface area (Å²) < 4.78 is 29.2. The van der Waals surface area contributed by atoms with E-state index in [1.54, 1.807) is 0 Å². The highest BCUT2D eigenvalue weighted by Gasteiger charge is 2.07. The Morgan fingerprint density at radius 3 is 2.79 bits per heavy atom. The van der Waals surface area contributed by atoms with Crippen molar-refractivity contribution in [2.45, 2.75) is 19.9 Å². The van der Waals surface area contributed by atoms with Crippen molar-refractivity contribution >= 4 is 21.2 Å². The lowest BCUT2D eigenvalue weighted by atomic mass is 10.3. The zero-order valence-electron chi connectivity index (χ0n) is 11.0. The first kappa shape index (κ1) is 14.0. The third-order valence-corrected chi connectivity index (χ3v) is 4.09. The Morgan fingerprint density at radius 1 is 1.32 bits per heavy atom. The number of hydrogen-bond acceptors (Lipinski definition) is 3. The lowest BCUT2D eigenvalue weighted by Gasteiger charge is -2.08. The van der Waals surface area contributed by atoms with E-state index in [1.807, 2.05) is 31.2 Å². The van der Waals surface area contributed by atoms with Crippen molar-refractivity contribution in [1.29, 1.82) is 0 Å². The van der Waals surface area contributed by atoms with Crippen molar-refractivity contribution in [3.05, 3.63) is 30.1 Å². The number of aromatic nitrogens is 2. The molecule has 0 amide bonds. The average Bonchev–Trinajstić information content (AvgIpc) is 2.71. The molecular formula is C12H18N4O2S. The zero-order chi connectivity index (χ0) is 13.9. The molecule has 2 rings (SSSR count). The Labute approximate surface area is 113 Å². The first-order chi connectivity index (χ1) is 9.03. The summed E-state index contributed by atoms with van der Waals surface area (Å²) in [4.78, 5) is 4.47. The number of nitrogens with one attached hydrogen (secondary N) is 2. The van der Waals surface area contributed by atoms with Gasteiger partial charge in [0.1, 0.15) is 5.82 Å². The molecule has 0 spiro atoms. The molecule has 6 nitrogen and oxygen atoms in total. The van der Waals surface area contributed by atoms with E-state index in [4.69, 9.17) is 0 Å². The van der Waals surface area contributed by atoms with Crippen LogP contribution >= 0.6 is 0 Å². The molecule has 2 aromatic rings. The fourth-order valence-corrected chi connectivity index (χ4v) is 2.55. The van der Waals surface area contributed by atoms with Crippen LogP contribution in [-0.2, 0) is 16.8 Å². The summed E-state index contributed by atoms with van der Waals surface area (Å²) in [6, 6.07) is 7.93. The van der Waals surface area contributed by atoms with Crippen LogP contribution in [0.15, 0.2) is 24.3 Å². The molecule has 0 aliphatic heterocycles. The van der Waals surface area contributed by atoms with Crippen LogP contribution in [0.4, 0.5) is 0 Å². The van der Waals surface area contributed by atoms with Crippen LogP contribution in [-0.4, -0.2) is 31.6 Å². The monoisotopic (exact) mass is 282 g/mol. The maximum absolute atomic E-state index is 11.2. The number of nitrogens with zero attached hydrogens (tertiary/aromatic N) is 2. The summed E-state index contributed by atoms with van der Waals surface area (Å²) in [5.74, 6) is 0.942. The van der Waals surface area contributed by atoms with E-state index in [0.29, 0.717) is 13.0 Å². The van der Waals surface area contributed by atoms with E-state index >= 15 is 0 Å². The Balaban J connectivity index is 2.01. The SMILES string of the molecule is CNS(=O)(=O)NCCCn1c(C)nc2ccccc21. The molecule has 104 valence electrons. The highest BCUT2D eigenvalue weighted by atomic mass is 32.2. The van der Waals surface area contributed by atoms with Gasteiger partial charge in [0.05, 0.1) is 11.0 Å². The molecule has 0 aliphatic rings. The minimum Gasteiger partial charge on any atom is -0.328 e. The number of benzene rings is 1. The highest BCUT2D eigenvalue weighted by molar-refractivity contribution is 7.87. The molecule has 1 aromatic heterocycles. The van der Waals surface area contributed by atoms with Crippen LogP contribution in [0.1, 0.15) is 12.2 Å². The van der Waals surface area contributed by atoms with Gasteiger partial charge in [0.15, 0.2) is 0 Å². The van der Waals surface area contributed by atoms with Gasteiger partial charge in [-0.15, -0.1) is 0 Å². The lowest BCUT2D eigenvalue weighted by Crippen LogP contribution is -2.34. The third-order valence-electron chi connectivity index (χ3n) is 2.96. The fraction of sp³-hybridized carbons (Fsp3) is 0.417. The summed E-state index contributed by atoms with van der Waals surface area (Å²) in [6.45, 7) is 3.09. The molecule has 0 atom stereocenters. The van der Waals surface area contributed by atoms with Crippen molar-refractivity contribution in [3.63, 3.8) is 0 Å². The van der Waals surface area contributed by atoms with Gasteiger partial charge in [0.25, 0.3) is 10.2 Å². The molecule has 0 aliphatic carbocycles. The topological polar surface area (TPSA) is 76.0 Å². The van der Waals surface area contributed by atoms with E-state index in [9.17, 15) is 8.42 Å². The summed E-state index contributed by atoms with van der Waals surface area (Å²) in [5, 5.41) is 0. The molecule has 0 unspecified atom stereocenters. The van der Waals surface area contributed by atoms with Gasteiger partial charge in [-0.25, -0.2) is 14.4 Å². The molecule has 2 N–H and O–H groups in total. The lowest BCUT2D eigenvalue weighted by molar-refractivity contribution is 0.562. The van der Waals surface area contributed by atoms with E-state index < -0.39 is 10.2 Å². The summed E-state index contributed by atoms with van der Waals surface area (Å²) in [6.07, 6.45) is 0.710. The number of aryl methyl sites for hydroxylation is 2. The van der Waals surface area contributed by atoms with Crippen molar-refractivity contribution in [2.75, 3.05) is 13.6 Å². The van der Waals surface area contributed by atoms with Crippen LogP contribution in [0.2, 0.25) is 0 Å². The second-order valence-corrected chi connectivity index (χ2v) is 5.96. The molecule has 0 radical (unpaired) electrons. The van der Waals surface area contributed by atoms with E-state index in [-0.39, 0.29) is 0 Å². The van der Waals surface area contributed by atoms with E-state index in [1.165, 1.54) is 7.05 Å². The number of fused-ring (bicyclic) bond motifs is 1. The second-order valence-electron chi connectivity index (χ2n) is 4.25. The molecule has 0 bridgehead atoms. The minimum atomic E-state index is -3.34. The van der Waals surface area contributed by atoms with Gasteiger partial charge in [-0.3, -0.25) is 0 Å². The number of para-hydroxylation sites is 2. The first-order valence-corrected chi connectivity index (χ1v) is 7.62. The van der Waals surface area contributed by atoms with Crippen molar-refractivity contribution < 1.29 is 8.42 Å². The maximum atomic E-state index is 11.2. The predicted octanol–water partition coefficient (Wildman–Crippen LogP) is 0.789. The molecule has 7 heteroatoms. The van der Waals surface area contributed by atoms with Crippen LogP contribution in [0.3, 0.4) is 0 Å². The molecular weight excluding hydrogens is 264 g/mol. The van der Waals surface area contributed by atoms with Gasteiger partial charge >= 0.3 is 0 Å². The molecule has 1 aromatic carbocycles. The van der Waals surface area contributed by atoms with Gasteiger partial charge < -0.3 is 4.57 Å². The standard InChI is InChI=1S/C12H18N4O2S/c1-10-15-11-6-3-4-7-12(11)16(10)9-5-8-14-19(17,18)13-2/h3-4,6-7,13-14H,5,8-9H2,1-2H3. The van der Waals surface area contributed by atoms with Crippen LogP contribution < -0.4 is 9.44 Å². The Morgan fingerprint density at radius 2 is 2.05 bits per heavy atom. The van der Waals surface area contributed by atoms with Gasteiger partial charge in [-0.05, 0) is 25.5 Å². The molecule has 0 saturated carbocycles. The smallest absolute Gasteiger partial charge is 0.276 e. The van der Waals surface area contributed by atoms with E-state index in [2.05, 4.69) is 19.0 Å². The van der Waals surface area contributed by atoms with Crippen molar-refractivity contribution in [1.82, 2.24) is 19.0 Å². The van der Waals surface area contributed by atoms with Gasteiger partial charge in [-0.2, -0.15) is 8.42 Å². The van der Waals surface area contributed by atoms with E-state index in [0.717, 1.165) is 23.4 Å². The normalized spacial score (nSPS) is 12.1.